The van der Waals surface area contributed by atoms with Gasteiger partial charge in [0.2, 0.25) is 0 Å². The second kappa shape index (κ2) is 10.4. The van der Waals surface area contributed by atoms with Gasteiger partial charge in [0.1, 0.15) is 35.1 Å². The number of carbonyl (C=O) groups is 3. The van der Waals surface area contributed by atoms with E-state index in [1.165, 1.54) is 28.4 Å². The first-order valence-corrected chi connectivity index (χ1v) is 14.0. The van der Waals surface area contributed by atoms with Gasteiger partial charge in [0, 0.05) is 29.3 Å². The Morgan fingerprint density at radius 3 is 2.97 bits per heavy atom. The first-order valence-electron chi connectivity index (χ1n) is 11.1. The van der Waals surface area contributed by atoms with Crippen molar-refractivity contribution in [1.82, 2.24) is 24.6 Å². The van der Waals surface area contributed by atoms with E-state index >= 15 is 0 Å². The summed E-state index contributed by atoms with van der Waals surface area (Å²) >= 11 is 4.01. The highest BCUT2D eigenvalue weighted by atomic mass is 32.2. The van der Waals surface area contributed by atoms with Crippen molar-refractivity contribution >= 4 is 69.1 Å². The molecule has 12 nitrogen and oxygen atoms in total. The second-order valence-electron chi connectivity index (χ2n) is 7.86. The number of thioether (sulfide) groups is 2. The third kappa shape index (κ3) is 4.76. The average molecular weight is 560 g/mol. The minimum Gasteiger partial charge on any atom is -0.477 e. The Kier molecular flexibility index (Phi) is 7.08. The van der Waals surface area contributed by atoms with Crippen LogP contribution in [0.25, 0.3) is 5.65 Å². The maximum atomic E-state index is 13.1. The molecule has 2 aliphatic rings. The number of thiazole rings is 1. The lowest BCUT2D eigenvalue weighted by Gasteiger charge is -2.49. The molecule has 192 valence electrons. The van der Waals surface area contributed by atoms with Crippen LogP contribution in [-0.4, -0.2) is 77.4 Å². The number of hydrogen-bond donors (Lipinski definition) is 3. The number of carboxylic acids is 1. The number of carbonyl (C=O) groups excluding carboxylic acids is 2. The highest BCUT2D eigenvalue weighted by molar-refractivity contribution is 8.01. The summed E-state index contributed by atoms with van der Waals surface area (Å²) in [5.41, 5.74) is 7.18. The number of hydrogen-bond acceptors (Lipinski definition) is 11. The number of nitrogens with one attached hydrogen (secondary N) is 1. The van der Waals surface area contributed by atoms with Crippen LogP contribution in [0.4, 0.5) is 5.13 Å². The molecule has 0 bridgehead atoms. The standard InChI is InChI=1S/C22H21N7O5S3/c1-2-34-27-15(12-10-37-22(23)25-12)18(30)26-16-19(31)29-17(21(32)33)11(9-36-20(16)29)8-35-14-5-3-4-13-24-6-7-28(13)14/h3-7,10,16,20H,2,8-9H2,1H3,(H2,23,25)(H,26,30)(H,32,33)/b27-15+/t16-,20-/m1/s1. The third-order valence-electron chi connectivity index (χ3n) is 5.59. The van der Waals surface area contributed by atoms with Crippen LogP contribution < -0.4 is 11.1 Å². The number of nitrogen functional groups attached to an aromatic ring is 1. The highest BCUT2D eigenvalue weighted by Crippen LogP contribution is 2.41. The monoisotopic (exact) mass is 559 g/mol. The zero-order valence-corrected chi connectivity index (χ0v) is 21.8. The normalized spacial score (nSPS) is 19.5. The van der Waals surface area contributed by atoms with E-state index in [0.717, 1.165) is 22.0 Å². The molecule has 0 unspecified atom stereocenters. The van der Waals surface area contributed by atoms with E-state index in [-0.39, 0.29) is 28.8 Å². The van der Waals surface area contributed by atoms with E-state index in [1.54, 1.807) is 18.5 Å². The van der Waals surface area contributed by atoms with Crippen molar-refractivity contribution < 1.29 is 24.3 Å². The molecule has 5 rings (SSSR count). The first-order chi connectivity index (χ1) is 17.9. The molecular formula is C22H21N7O5S3. The Morgan fingerprint density at radius 1 is 1.41 bits per heavy atom. The molecule has 2 amide bonds. The molecule has 0 spiro atoms. The number of pyridine rings is 1. The molecule has 37 heavy (non-hydrogen) atoms. The van der Waals surface area contributed by atoms with Gasteiger partial charge in [-0.1, -0.05) is 11.2 Å². The molecular weight excluding hydrogens is 538 g/mol. The van der Waals surface area contributed by atoms with Gasteiger partial charge in [0.25, 0.3) is 11.8 Å². The minimum absolute atomic E-state index is 0.0416. The van der Waals surface area contributed by atoms with Crippen LogP contribution in [-0.2, 0) is 19.2 Å². The fraction of sp³-hybridized carbons (Fsp3) is 0.273. The maximum Gasteiger partial charge on any atom is 0.352 e. The van der Waals surface area contributed by atoms with Crippen molar-refractivity contribution in [2.75, 3.05) is 23.8 Å². The first kappa shape index (κ1) is 25.1. The SMILES string of the molecule is CCO/N=C(/C(=O)N[C@@H]1C(=O)N2C(C(=O)O)=C(CSc3cccc4nccn34)CS[C@H]12)c1csc(N)n1. The van der Waals surface area contributed by atoms with Crippen LogP contribution in [0.5, 0.6) is 0 Å². The van der Waals surface area contributed by atoms with Crippen molar-refractivity contribution in [2.24, 2.45) is 5.16 Å². The molecule has 4 N–H and O–H groups in total. The Hall–Kier alpha value is -3.56. The molecule has 0 aliphatic carbocycles. The number of fused-ring (bicyclic) bond motifs is 2. The Balaban J connectivity index is 1.32. The topological polar surface area (TPSA) is 165 Å². The zero-order valence-electron chi connectivity index (χ0n) is 19.4. The Labute approximate surface area is 223 Å². The van der Waals surface area contributed by atoms with Gasteiger partial charge in [-0.15, -0.1) is 34.9 Å². The van der Waals surface area contributed by atoms with Gasteiger partial charge < -0.3 is 21.0 Å². The highest BCUT2D eigenvalue weighted by Gasteiger charge is 2.54. The largest absolute Gasteiger partial charge is 0.477 e. The molecule has 3 aromatic heterocycles. The number of imidazole rings is 1. The molecule has 15 heteroatoms. The van der Waals surface area contributed by atoms with Crippen molar-refractivity contribution in [3.8, 4) is 0 Å². The molecule has 0 saturated carbocycles. The lowest BCUT2D eigenvalue weighted by Crippen LogP contribution is -2.71. The van der Waals surface area contributed by atoms with Crippen LogP contribution in [0.1, 0.15) is 12.6 Å². The zero-order chi connectivity index (χ0) is 26.1. The molecule has 0 radical (unpaired) electrons. The summed E-state index contributed by atoms with van der Waals surface area (Å²) < 4.78 is 1.92. The van der Waals surface area contributed by atoms with Crippen LogP contribution in [0.15, 0.2) is 57.4 Å². The van der Waals surface area contributed by atoms with E-state index in [4.69, 9.17) is 10.6 Å². The van der Waals surface area contributed by atoms with Crippen molar-refractivity contribution in [1.29, 1.82) is 0 Å². The van der Waals surface area contributed by atoms with Gasteiger partial charge in [-0.3, -0.25) is 18.9 Å². The van der Waals surface area contributed by atoms with Crippen LogP contribution in [0.3, 0.4) is 0 Å². The summed E-state index contributed by atoms with van der Waals surface area (Å²) in [5, 5.41) is 18.6. The van der Waals surface area contributed by atoms with Crippen molar-refractivity contribution in [3.05, 3.63) is 52.9 Å². The van der Waals surface area contributed by atoms with Gasteiger partial charge in [-0.25, -0.2) is 14.8 Å². The van der Waals surface area contributed by atoms with E-state index in [1.807, 2.05) is 28.8 Å². The van der Waals surface area contributed by atoms with Crippen LogP contribution in [0.2, 0.25) is 0 Å². The molecule has 1 saturated heterocycles. The summed E-state index contributed by atoms with van der Waals surface area (Å²) in [5.74, 6) is -1.56. The summed E-state index contributed by atoms with van der Waals surface area (Å²) in [7, 11) is 0. The average Bonchev–Trinajstić information content (AvgIpc) is 3.54. The fourth-order valence-electron chi connectivity index (χ4n) is 3.93. The number of anilines is 1. The Bertz CT molecular complexity index is 1450. The van der Waals surface area contributed by atoms with Gasteiger partial charge in [0.05, 0.1) is 5.03 Å². The van der Waals surface area contributed by atoms with Crippen molar-refractivity contribution in [3.63, 3.8) is 0 Å². The predicted molar refractivity (Wildman–Crippen MR) is 140 cm³/mol. The number of nitrogens with zero attached hydrogens (tertiary/aromatic N) is 5. The smallest absolute Gasteiger partial charge is 0.352 e. The van der Waals surface area contributed by atoms with E-state index in [2.05, 4.69) is 20.4 Å². The molecule has 0 aromatic carbocycles. The summed E-state index contributed by atoms with van der Waals surface area (Å²) in [4.78, 5) is 52.9. The lowest BCUT2D eigenvalue weighted by atomic mass is 10.0. The third-order valence-corrected chi connectivity index (χ3v) is 8.72. The lowest BCUT2D eigenvalue weighted by molar-refractivity contribution is -0.150. The van der Waals surface area contributed by atoms with Gasteiger partial charge in [-0.05, 0) is 24.6 Å². The number of amides is 2. The van der Waals surface area contributed by atoms with Gasteiger partial charge >= 0.3 is 5.97 Å². The van der Waals surface area contributed by atoms with Crippen molar-refractivity contribution in [2.45, 2.75) is 23.4 Å². The van der Waals surface area contributed by atoms with Gasteiger partial charge in [0.15, 0.2) is 10.8 Å². The number of oxime groups is 1. The summed E-state index contributed by atoms with van der Waals surface area (Å²) in [6.07, 6.45) is 3.54. The number of aliphatic carboxylic acids is 1. The van der Waals surface area contributed by atoms with E-state index in [0.29, 0.717) is 17.1 Å². The molecule has 2 atom stereocenters. The Morgan fingerprint density at radius 2 is 2.24 bits per heavy atom. The number of rotatable bonds is 9. The predicted octanol–water partition coefficient (Wildman–Crippen LogP) is 1.64. The van der Waals surface area contributed by atoms with Gasteiger partial charge in [-0.2, -0.15) is 0 Å². The molecule has 5 heterocycles. The van der Waals surface area contributed by atoms with E-state index < -0.39 is 29.2 Å². The maximum absolute atomic E-state index is 13.1. The second-order valence-corrected chi connectivity index (χ2v) is 10.8. The van der Waals surface area contributed by atoms with E-state index in [9.17, 15) is 19.5 Å². The summed E-state index contributed by atoms with van der Waals surface area (Å²) in [6, 6.07) is 4.78. The molecule has 1 fully saturated rings. The molecule has 3 aromatic rings. The molecule has 2 aliphatic heterocycles. The number of nitrogens with two attached hydrogens (primary N) is 1. The fourth-order valence-corrected chi connectivity index (χ4v) is 6.99. The van der Waals surface area contributed by atoms with Crippen LogP contribution >= 0.6 is 34.9 Å². The quantitative estimate of drug-likeness (QED) is 0.152. The number of aromatic nitrogens is 3. The van der Waals surface area contributed by atoms with Crippen LogP contribution in [0, 0.1) is 0 Å². The minimum atomic E-state index is -1.18. The summed E-state index contributed by atoms with van der Waals surface area (Å²) in [6.45, 7) is 1.94. The number of carboxylic acid groups (broad SMARTS) is 1. The number of β-lactam (4-membered cyclic amide) rings is 1.